The number of nitrogens with one attached hydrogen (secondary N) is 1. The van der Waals surface area contributed by atoms with Gasteiger partial charge in [0.05, 0.1) is 33.7 Å². The van der Waals surface area contributed by atoms with E-state index in [0.717, 1.165) is 0 Å². The lowest BCUT2D eigenvalue weighted by molar-refractivity contribution is -0.887. The number of anilines is 2. The van der Waals surface area contributed by atoms with Gasteiger partial charge < -0.3 is 44.0 Å². The van der Waals surface area contributed by atoms with E-state index < -0.39 is 40.5 Å². The number of likely N-dealkylation sites (N-methyl/N-ethyl adjacent to an activating group) is 1. The Morgan fingerprint density at radius 1 is 1.03 bits per heavy atom. The Balaban J connectivity index is 0.00000784. The summed E-state index contributed by atoms with van der Waals surface area (Å²) in [6.07, 6.45) is 0. The number of carbonyl (C=O) groups is 3. The lowest BCUT2D eigenvalue weighted by atomic mass is 10.3. The highest BCUT2D eigenvalue weighted by Gasteiger charge is 2.27. The van der Waals surface area contributed by atoms with Crippen molar-refractivity contribution in [1.82, 2.24) is 15.3 Å². The van der Waals surface area contributed by atoms with Gasteiger partial charge in [0.1, 0.15) is 0 Å². The zero-order chi connectivity index (χ0) is 21.6. The summed E-state index contributed by atoms with van der Waals surface area (Å²) in [7, 11) is 3.90. The number of aromatic nitrogens is 2. The van der Waals surface area contributed by atoms with Crippen LogP contribution in [0.5, 0.6) is 0 Å². The highest BCUT2D eigenvalue weighted by atomic mass is 79.9. The first-order valence-corrected chi connectivity index (χ1v) is 8.35. The summed E-state index contributed by atoms with van der Waals surface area (Å²) >= 11 is 5.94. The van der Waals surface area contributed by atoms with Crippen molar-refractivity contribution >= 4 is 41.2 Å². The summed E-state index contributed by atoms with van der Waals surface area (Å²) in [6.45, 7) is 2.03. The first-order chi connectivity index (χ1) is 12.9. The van der Waals surface area contributed by atoms with Crippen LogP contribution in [0.1, 0.15) is 10.5 Å². The molecule has 0 atom stereocenters. The molecule has 0 spiro atoms. The molecule has 11 N–H and O–H groups in total. The van der Waals surface area contributed by atoms with E-state index in [0.29, 0.717) is 34.1 Å². The number of rotatable bonds is 8. The molecule has 0 saturated heterocycles. The topological polar surface area (TPSA) is 226 Å². The van der Waals surface area contributed by atoms with E-state index in [1.807, 2.05) is 14.1 Å². The fourth-order valence-corrected chi connectivity index (χ4v) is 2.31. The SMILES string of the molecule is C[N+](C)(CCN)CCNC(=O)c1nc(Cl)c(N(N)C(N)=O)nc1N(N)C(N)=O.[Br-]. The van der Waals surface area contributed by atoms with Gasteiger partial charge in [0.2, 0.25) is 0 Å². The third-order valence-electron chi connectivity index (χ3n) is 3.70. The molecule has 0 aliphatic heterocycles. The molecular weight excluding hydrogens is 474 g/mol. The fraction of sp³-hybridized carbons (Fsp3) is 0.462. The van der Waals surface area contributed by atoms with E-state index in [9.17, 15) is 14.4 Å². The second-order valence-electron chi connectivity index (χ2n) is 6.35. The van der Waals surface area contributed by atoms with Crippen LogP contribution in [0.2, 0.25) is 5.15 Å². The molecule has 0 aliphatic rings. The highest BCUT2D eigenvalue weighted by Crippen LogP contribution is 2.25. The number of halogens is 2. The molecule has 0 aromatic carbocycles. The zero-order valence-electron chi connectivity index (χ0n) is 15.9. The molecule has 1 aromatic rings. The van der Waals surface area contributed by atoms with Crippen molar-refractivity contribution in [1.29, 1.82) is 0 Å². The van der Waals surface area contributed by atoms with Crippen molar-refractivity contribution in [2.45, 2.75) is 0 Å². The Hall–Kier alpha value is -2.30. The summed E-state index contributed by atoms with van der Waals surface area (Å²) in [5, 5.41) is 2.95. The van der Waals surface area contributed by atoms with Gasteiger partial charge in [0.25, 0.3) is 5.91 Å². The lowest BCUT2D eigenvalue weighted by Gasteiger charge is -2.29. The van der Waals surface area contributed by atoms with Crippen molar-refractivity contribution in [3.8, 4) is 0 Å². The second-order valence-corrected chi connectivity index (χ2v) is 6.71. The van der Waals surface area contributed by atoms with Crippen LogP contribution in [0.4, 0.5) is 21.2 Å². The van der Waals surface area contributed by atoms with Crippen LogP contribution in [0.25, 0.3) is 0 Å². The van der Waals surface area contributed by atoms with Gasteiger partial charge >= 0.3 is 12.1 Å². The number of hydrazine groups is 2. The summed E-state index contributed by atoms with van der Waals surface area (Å²) in [4.78, 5) is 42.9. The van der Waals surface area contributed by atoms with Gasteiger partial charge in [-0.05, 0) is 0 Å². The standard InChI is InChI=1S/C13H24ClN11O3.BrH/c1-25(2,5-3-15)6-4-20-11(26)7-9(23(18)12(16)27)22-10(8(14)21-7)24(19)13(17)28;/h3-6,15,18-19H2,1-2H3,(H4-,16,17,20,26,27,28);1H. The van der Waals surface area contributed by atoms with Crippen LogP contribution in [0, 0.1) is 0 Å². The number of nitrogens with zero attached hydrogens (tertiary/aromatic N) is 5. The van der Waals surface area contributed by atoms with Crippen LogP contribution in [-0.4, -0.2) is 72.7 Å². The number of quaternary nitrogens is 1. The minimum Gasteiger partial charge on any atom is -1.00 e. The monoisotopic (exact) mass is 497 g/mol. The fourth-order valence-electron chi connectivity index (χ4n) is 2.10. The van der Waals surface area contributed by atoms with Gasteiger partial charge in [-0.3, -0.25) is 4.79 Å². The quantitative estimate of drug-likeness (QED) is 0.0874. The van der Waals surface area contributed by atoms with Crippen LogP contribution in [0.3, 0.4) is 0 Å². The number of hydrogen-bond acceptors (Lipinski definition) is 8. The molecule has 0 radical (unpaired) electrons. The Morgan fingerprint density at radius 2 is 1.55 bits per heavy atom. The van der Waals surface area contributed by atoms with E-state index >= 15 is 0 Å². The van der Waals surface area contributed by atoms with Crippen LogP contribution in [-0.2, 0) is 0 Å². The van der Waals surface area contributed by atoms with Crippen LogP contribution >= 0.6 is 11.6 Å². The number of carbonyl (C=O) groups excluding carboxylic acids is 3. The summed E-state index contributed by atoms with van der Waals surface area (Å²) < 4.78 is 0.569. The van der Waals surface area contributed by atoms with Gasteiger partial charge in [-0.1, -0.05) is 11.6 Å². The average Bonchev–Trinajstić information content (AvgIpc) is 2.59. The molecular formula is C13H25BrClN11O3. The highest BCUT2D eigenvalue weighted by molar-refractivity contribution is 6.32. The molecule has 0 bridgehead atoms. The number of primary amides is 2. The molecule has 1 heterocycles. The maximum Gasteiger partial charge on any atom is 0.335 e. The predicted octanol–water partition coefficient (Wildman–Crippen LogP) is -5.58. The van der Waals surface area contributed by atoms with Gasteiger partial charge in [0.15, 0.2) is 22.5 Å². The molecule has 0 fully saturated rings. The minimum absolute atomic E-state index is 0. The van der Waals surface area contributed by atoms with E-state index in [1.165, 1.54) is 0 Å². The summed E-state index contributed by atoms with van der Waals surface area (Å²) in [5.41, 5.74) is 15.3. The molecule has 164 valence electrons. The Labute approximate surface area is 182 Å². The third-order valence-corrected chi connectivity index (χ3v) is 3.96. The van der Waals surface area contributed by atoms with Crippen molar-refractivity contribution < 1.29 is 35.8 Å². The molecule has 5 amide bonds. The zero-order valence-corrected chi connectivity index (χ0v) is 18.3. The van der Waals surface area contributed by atoms with E-state index in [2.05, 4.69) is 15.3 Å². The first-order valence-electron chi connectivity index (χ1n) is 7.97. The Bertz CT molecular complexity index is 764. The van der Waals surface area contributed by atoms with Crippen LogP contribution < -0.4 is 61.2 Å². The van der Waals surface area contributed by atoms with E-state index in [4.69, 9.17) is 40.5 Å². The molecule has 1 aromatic heterocycles. The normalized spacial score (nSPS) is 10.7. The minimum atomic E-state index is -1.14. The average molecular weight is 499 g/mol. The second kappa shape index (κ2) is 11.0. The maximum atomic E-state index is 12.5. The molecule has 16 heteroatoms. The molecule has 0 aliphatic carbocycles. The van der Waals surface area contributed by atoms with E-state index in [1.54, 1.807) is 0 Å². The Morgan fingerprint density at radius 3 is 2.03 bits per heavy atom. The first kappa shape index (κ1) is 26.7. The Kier molecular flexibility index (Phi) is 10.2. The smallest absolute Gasteiger partial charge is 0.335 e. The van der Waals surface area contributed by atoms with Gasteiger partial charge in [0, 0.05) is 6.54 Å². The van der Waals surface area contributed by atoms with Gasteiger partial charge in [-0.25, -0.2) is 41.3 Å². The van der Waals surface area contributed by atoms with E-state index in [-0.39, 0.29) is 23.5 Å². The van der Waals surface area contributed by atoms with Crippen molar-refractivity contribution in [2.75, 3.05) is 50.3 Å². The van der Waals surface area contributed by atoms with Crippen molar-refractivity contribution in [3.63, 3.8) is 0 Å². The molecule has 14 nitrogen and oxygen atoms in total. The molecule has 1 rings (SSSR count). The lowest BCUT2D eigenvalue weighted by Crippen LogP contribution is -3.00. The molecule has 0 unspecified atom stereocenters. The number of amides is 5. The molecule has 29 heavy (non-hydrogen) atoms. The predicted molar refractivity (Wildman–Crippen MR) is 103 cm³/mol. The van der Waals surface area contributed by atoms with Gasteiger partial charge in [-0.15, -0.1) is 0 Å². The molecule has 0 saturated carbocycles. The maximum absolute atomic E-state index is 12.5. The number of hydrogen-bond donors (Lipinski definition) is 6. The van der Waals surface area contributed by atoms with Crippen molar-refractivity contribution in [2.24, 2.45) is 28.9 Å². The summed E-state index contributed by atoms with van der Waals surface area (Å²) in [5.74, 6) is 9.40. The third kappa shape index (κ3) is 7.22. The summed E-state index contributed by atoms with van der Waals surface area (Å²) in [6, 6.07) is -2.25. The number of nitrogens with two attached hydrogens (primary N) is 5. The largest absolute Gasteiger partial charge is 1.00 e. The van der Waals surface area contributed by atoms with Gasteiger partial charge in [-0.2, -0.15) is 0 Å². The van der Waals surface area contributed by atoms with Crippen molar-refractivity contribution in [3.05, 3.63) is 10.8 Å². The number of urea groups is 2. The van der Waals surface area contributed by atoms with Crippen LogP contribution in [0.15, 0.2) is 0 Å².